The van der Waals surface area contributed by atoms with Crippen LogP contribution in [0.5, 0.6) is 5.88 Å². The number of esters is 1. The van der Waals surface area contributed by atoms with Crippen LogP contribution in [0.4, 0.5) is 0 Å². The van der Waals surface area contributed by atoms with Crippen molar-refractivity contribution in [3.05, 3.63) is 23.9 Å². The summed E-state index contributed by atoms with van der Waals surface area (Å²) in [4.78, 5) is 17.4. The van der Waals surface area contributed by atoms with Crippen LogP contribution < -0.4 is 4.74 Å². The zero-order chi connectivity index (χ0) is 26.2. The van der Waals surface area contributed by atoms with Gasteiger partial charge in [-0.25, -0.2) is 0 Å². The lowest BCUT2D eigenvalue weighted by Gasteiger charge is -2.21. The molecule has 2 unspecified atom stereocenters. The van der Waals surface area contributed by atoms with Crippen molar-refractivity contribution in [3.63, 3.8) is 0 Å². The quantitative estimate of drug-likeness (QED) is 0.176. The summed E-state index contributed by atoms with van der Waals surface area (Å²) in [5, 5.41) is 0.947. The minimum absolute atomic E-state index is 0.108. The van der Waals surface area contributed by atoms with Crippen LogP contribution in [-0.4, -0.2) is 55.1 Å². The molecule has 2 rings (SSSR count). The second kappa shape index (κ2) is 12.9. The van der Waals surface area contributed by atoms with Crippen LogP contribution in [0.3, 0.4) is 0 Å². The van der Waals surface area contributed by atoms with Crippen LogP contribution in [0.1, 0.15) is 53.5 Å². The van der Waals surface area contributed by atoms with Gasteiger partial charge in [0.25, 0.3) is 0 Å². The number of carbonyl (C=O) groups is 1. The summed E-state index contributed by atoms with van der Waals surface area (Å²) in [6.07, 6.45) is 3.14. The highest BCUT2D eigenvalue weighted by molar-refractivity contribution is 6.76. The average molecular weight is 507 g/mol. The number of pyridine rings is 1. The molecule has 2 atom stereocenters. The summed E-state index contributed by atoms with van der Waals surface area (Å²) < 4.78 is 25.3. The van der Waals surface area contributed by atoms with Crippen LogP contribution in [0.2, 0.25) is 25.7 Å². The fraction of sp³-hybridized carbons (Fsp3) is 0.704. The van der Waals surface area contributed by atoms with E-state index in [1.54, 1.807) is 0 Å². The van der Waals surface area contributed by atoms with Crippen molar-refractivity contribution in [1.29, 1.82) is 0 Å². The highest BCUT2D eigenvalue weighted by Gasteiger charge is 2.21. The van der Waals surface area contributed by atoms with Gasteiger partial charge in [-0.05, 0) is 65.1 Å². The van der Waals surface area contributed by atoms with Gasteiger partial charge in [-0.1, -0.05) is 26.6 Å². The Kier molecular flexibility index (Phi) is 10.8. The summed E-state index contributed by atoms with van der Waals surface area (Å²) in [7, 11) is -1.14. The summed E-state index contributed by atoms with van der Waals surface area (Å²) in [6.45, 7) is 21.2. The van der Waals surface area contributed by atoms with E-state index in [4.69, 9.17) is 23.9 Å². The van der Waals surface area contributed by atoms with Gasteiger partial charge in [-0.15, -0.1) is 0 Å². The fourth-order valence-corrected chi connectivity index (χ4v) is 4.54. The van der Waals surface area contributed by atoms with E-state index >= 15 is 0 Å². The zero-order valence-corrected chi connectivity index (χ0v) is 24.3. The second-order valence-corrected chi connectivity index (χ2v) is 17.3. The summed E-state index contributed by atoms with van der Waals surface area (Å²) in [5.74, 6) is 0.456. The van der Waals surface area contributed by atoms with Gasteiger partial charge >= 0.3 is 5.97 Å². The minimum atomic E-state index is -1.14. The first kappa shape index (κ1) is 29.3. The lowest BCUT2D eigenvalue weighted by atomic mass is 10.1. The number of carbonyl (C=O) groups excluding carboxylic acids is 1. The molecular formula is C27H46N2O5Si. The molecule has 0 saturated heterocycles. The number of hydrogen-bond acceptors (Lipinski definition) is 6. The molecule has 2 aromatic rings. The average Bonchev–Trinajstić information content (AvgIpc) is 3.09. The van der Waals surface area contributed by atoms with Gasteiger partial charge in [-0.2, -0.15) is 4.98 Å². The number of ether oxygens (including phenoxy) is 4. The van der Waals surface area contributed by atoms with E-state index in [0.29, 0.717) is 25.8 Å². The first-order valence-electron chi connectivity index (χ1n) is 12.8. The van der Waals surface area contributed by atoms with E-state index < -0.39 is 13.7 Å². The lowest BCUT2D eigenvalue weighted by molar-refractivity contribution is -0.153. The lowest BCUT2D eigenvalue weighted by Crippen LogP contribution is -2.25. The normalized spacial score (nSPS) is 14.2. The molecule has 35 heavy (non-hydrogen) atoms. The Labute approximate surface area is 212 Å². The van der Waals surface area contributed by atoms with Crippen molar-refractivity contribution < 1.29 is 23.7 Å². The molecule has 0 N–H and O–H groups in total. The number of nitrogens with zero attached hydrogens (tertiary/aromatic N) is 2. The molecular weight excluding hydrogens is 460 g/mol. The first-order chi connectivity index (χ1) is 16.3. The van der Waals surface area contributed by atoms with E-state index in [2.05, 4.69) is 33.5 Å². The van der Waals surface area contributed by atoms with Gasteiger partial charge in [0.1, 0.15) is 18.0 Å². The first-order valence-corrected chi connectivity index (χ1v) is 16.5. The molecule has 0 saturated carbocycles. The molecule has 198 valence electrons. The van der Waals surface area contributed by atoms with Crippen LogP contribution in [-0.2, 0) is 32.2 Å². The molecule has 2 heterocycles. The number of hydrogen-bond donors (Lipinski definition) is 0. The Morgan fingerprint density at radius 3 is 2.54 bits per heavy atom. The van der Waals surface area contributed by atoms with Crippen molar-refractivity contribution in [3.8, 4) is 5.88 Å². The maximum atomic E-state index is 12.6. The SMILES string of the molecule is CCOC(C)CC(C)COc1nc2c(ccn2COCC[Si](C)(C)C)cc1CC(=O)OC(C)(C)C. The number of aromatic nitrogens is 2. The third-order valence-electron chi connectivity index (χ3n) is 5.45. The van der Waals surface area contributed by atoms with Gasteiger partial charge in [0.15, 0.2) is 0 Å². The van der Waals surface area contributed by atoms with Gasteiger partial charge in [0.2, 0.25) is 5.88 Å². The zero-order valence-electron chi connectivity index (χ0n) is 23.3. The van der Waals surface area contributed by atoms with Crippen LogP contribution >= 0.6 is 0 Å². The molecule has 2 aromatic heterocycles. The largest absolute Gasteiger partial charge is 0.477 e. The minimum Gasteiger partial charge on any atom is -0.477 e. The second-order valence-electron chi connectivity index (χ2n) is 11.7. The Morgan fingerprint density at radius 2 is 1.91 bits per heavy atom. The summed E-state index contributed by atoms with van der Waals surface area (Å²) >= 11 is 0. The molecule has 7 nitrogen and oxygen atoms in total. The van der Waals surface area contributed by atoms with E-state index in [0.717, 1.165) is 35.7 Å². The summed E-state index contributed by atoms with van der Waals surface area (Å²) in [6, 6.07) is 5.10. The van der Waals surface area contributed by atoms with E-state index in [9.17, 15) is 4.79 Å². The highest BCUT2D eigenvalue weighted by Crippen LogP contribution is 2.26. The molecule has 0 bridgehead atoms. The van der Waals surface area contributed by atoms with Gasteiger partial charge < -0.3 is 23.5 Å². The standard InChI is InChI=1S/C27H46N2O5Si/c1-10-32-21(3)15-20(2)18-33-26-23(17-24(30)34-27(4,5)6)16-22-11-12-29(25(22)28-26)19-31-13-14-35(7,8)9/h11-12,16,20-21H,10,13-15,17-19H2,1-9H3. The van der Waals surface area contributed by atoms with Crippen molar-refractivity contribution >= 4 is 25.1 Å². The Balaban J connectivity index is 2.21. The molecule has 0 spiro atoms. The van der Waals surface area contributed by atoms with E-state index in [-0.39, 0.29) is 24.4 Å². The van der Waals surface area contributed by atoms with E-state index in [1.807, 2.05) is 50.6 Å². The van der Waals surface area contributed by atoms with Crippen molar-refractivity contribution in [2.75, 3.05) is 19.8 Å². The monoisotopic (exact) mass is 506 g/mol. The molecule has 0 radical (unpaired) electrons. The predicted octanol–water partition coefficient (Wildman–Crippen LogP) is 6.06. The Morgan fingerprint density at radius 1 is 1.20 bits per heavy atom. The molecule has 0 fully saturated rings. The van der Waals surface area contributed by atoms with Crippen LogP contribution in [0.25, 0.3) is 11.0 Å². The smallest absolute Gasteiger partial charge is 0.310 e. The predicted molar refractivity (Wildman–Crippen MR) is 144 cm³/mol. The van der Waals surface area contributed by atoms with Crippen molar-refractivity contribution in [2.45, 2.75) is 98.5 Å². The molecule has 0 aliphatic heterocycles. The Hall–Kier alpha value is -1.90. The molecule has 0 aliphatic carbocycles. The van der Waals surface area contributed by atoms with Crippen LogP contribution in [0.15, 0.2) is 18.3 Å². The third kappa shape index (κ3) is 10.7. The molecule has 0 aliphatic rings. The Bertz CT molecular complexity index is 945. The maximum absolute atomic E-state index is 12.6. The molecule has 0 aromatic carbocycles. The van der Waals surface area contributed by atoms with Gasteiger partial charge in [-0.3, -0.25) is 4.79 Å². The summed E-state index contributed by atoms with van der Waals surface area (Å²) in [5.41, 5.74) is 0.973. The number of rotatable bonds is 14. The maximum Gasteiger partial charge on any atom is 0.310 e. The topological polar surface area (TPSA) is 71.8 Å². The van der Waals surface area contributed by atoms with Gasteiger partial charge in [0.05, 0.1) is 19.1 Å². The molecule has 0 amide bonds. The molecule has 8 heteroatoms. The van der Waals surface area contributed by atoms with Crippen molar-refractivity contribution in [2.24, 2.45) is 5.92 Å². The highest BCUT2D eigenvalue weighted by atomic mass is 28.3. The van der Waals surface area contributed by atoms with Crippen LogP contribution in [0, 0.1) is 5.92 Å². The van der Waals surface area contributed by atoms with Crippen molar-refractivity contribution in [1.82, 2.24) is 9.55 Å². The third-order valence-corrected chi connectivity index (χ3v) is 7.15. The van der Waals surface area contributed by atoms with E-state index in [1.165, 1.54) is 0 Å². The number of fused-ring (bicyclic) bond motifs is 1. The van der Waals surface area contributed by atoms with Gasteiger partial charge in [0, 0.05) is 38.4 Å². The fourth-order valence-electron chi connectivity index (χ4n) is 3.78.